The van der Waals surface area contributed by atoms with Gasteiger partial charge in [0.05, 0.1) is 15.5 Å². The number of hydrogen-bond acceptors (Lipinski definition) is 5. The molecule has 0 fully saturated rings. The maximum atomic E-state index is 11.8. The van der Waals surface area contributed by atoms with Crippen molar-refractivity contribution in [2.24, 2.45) is 0 Å². The first-order valence-corrected chi connectivity index (χ1v) is 9.61. The van der Waals surface area contributed by atoms with Gasteiger partial charge >= 0.3 is 11.9 Å². The average Bonchev–Trinajstić information content (AvgIpc) is 2.68. The molecule has 0 bridgehead atoms. The highest BCUT2D eigenvalue weighted by Gasteiger charge is 2.31. The molecule has 26 heavy (non-hydrogen) atoms. The summed E-state index contributed by atoms with van der Waals surface area (Å²) in [6.45, 7) is 12.0. The first kappa shape index (κ1) is 20.5. The molecule has 0 amide bonds. The van der Waals surface area contributed by atoms with Crippen molar-refractivity contribution < 1.29 is 24.9 Å². The van der Waals surface area contributed by atoms with Gasteiger partial charge in [-0.2, -0.15) is 0 Å². The number of thioether (sulfide) groups is 2. The molecular formula is C18H23NO5S2. The molecule has 6 nitrogen and oxygen atoms in total. The largest absolute Gasteiger partial charge is 0.505 e. The molecule has 2 rings (SSSR count). The fraction of sp³-hybridized carbons (Fsp3) is 0.444. The molecular weight excluding hydrogens is 374 g/mol. The van der Waals surface area contributed by atoms with Gasteiger partial charge in [-0.3, -0.25) is 0 Å². The fourth-order valence-corrected chi connectivity index (χ4v) is 4.71. The number of carboxylic acid groups (broad SMARTS) is 2. The lowest BCUT2D eigenvalue weighted by molar-refractivity contribution is 0.0652. The van der Waals surface area contributed by atoms with Crippen molar-refractivity contribution >= 4 is 41.0 Å². The zero-order chi connectivity index (χ0) is 20.0. The number of aromatic carboxylic acids is 2. The summed E-state index contributed by atoms with van der Waals surface area (Å²) in [5.41, 5.74) is -0.748. The number of hydrogen-bond donors (Lipinski definition) is 3. The van der Waals surface area contributed by atoms with Crippen LogP contribution in [0.3, 0.4) is 0 Å². The SMILES string of the molecule is CC(C)(C)Sc1c(O)c2c(C(=O)O)c(C(=O)O)ccn2c1SC(C)(C)C. The molecule has 0 unspecified atom stereocenters. The molecule has 0 aliphatic carbocycles. The highest BCUT2D eigenvalue weighted by Crippen LogP contribution is 2.50. The molecule has 0 atom stereocenters. The summed E-state index contributed by atoms with van der Waals surface area (Å²) >= 11 is 2.92. The van der Waals surface area contributed by atoms with Gasteiger partial charge in [0.2, 0.25) is 0 Å². The number of aromatic hydroxyl groups is 1. The van der Waals surface area contributed by atoms with Gasteiger partial charge in [-0.05, 0) is 6.07 Å². The van der Waals surface area contributed by atoms with Crippen LogP contribution in [0.15, 0.2) is 22.2 Å². The number of pyridine rings is 1. The zero-order valence-electron chi connectivity index (χ0n) is 15.6. The number of aromatic nitrogens is 1. The molecule has 0 saturated carbocycles. The zero-order valence-corrected chi connectivity index (χ0v) is 17.2. The quantitative estimate of drug-likeness (QED) is 0.636. The van der Waals surface area contributed by atoms with Crippen LogP contribution in [-0.2, 0) is 0 Å². The highest BCUT2D eigenvalue weighted by molar-refractivity contribution is 8.03. The van der Waals surface area contributed by atoms with Crippen molar-refractivity contribution in [3.63, 3.8) is 0 Å². The minimum Gasteiger partial charge on any atom is -0.505 e. The lowest BCUT2D eigenvalue weighted by atomic mass is 10.1. The van der Waals surface area contributed by atoms with E-state index in [9.17, 15) is 24.9 Å². The Bertz CT molecular complexity index is 888. The number of nitrogens with zero attached hydrogens (tertiary/aromatic N) is 1. The third-order valence-electron chi connectivity index (χ3n) is 3.25. The standard InChI is InChI=1S/C18H23NO5S2/c1-17(2,3)25-13-12(20)11-10(16(23)24)9(15(21)22)7-8-19(11)14(13)26-18(4,5)6/h7-8,20H,1-6H3,(H,21,22)(H,23,24). The van der Waals surface area contributed by atoms with E-state index in [-0.39, 0.29) is 26.3 Å². The Labute approximate surface area is 160 Å². The predicted octanol–water partition coefficient (Wildman–Crippen LogP) is 4.82. The fourth-order valence-electron chi connectivity index (χ4n) is 2.45. The summed E-state index contributed by atoms with van der Waals surface area (Å²) in [5, 5.41) is 30.5. The van der Waals surface area contributed by atoms with Gasteiger partial charge in [0.1, 0.15) is 11.1 Å². The normalized spacial score (nSPS) is 12.5. The van der Waals surface area contributed by atoms with Crippen molar-refractivity contribution in [3.8, 4) is 5.75 Å². The molecule has 0 spiro atoms. The molecule has 2 aromatic heterocycles. The summed E-state index contributed by atoms with van der Waals surface area (Å²) < 4.78 is 1.16. The monoisotopic (exact) mass is 397 g/mol. The van der Waals surface area contributed by atoms with Gasteiger partial charge in [0, 0.05) is 15.7 Å². The number of carbonyl (C=O) groups is 2. The van der Waals surface area contributed by atoms with Crippen LogP contribution in [0, 0.1) is 0 Å². The lowest BCUT2D eigenvalue weighted by Gasteiger charge is -2.21. The summed E-state index contributed by atoms with van der Waals surface area (Å²) in [6, 6.07) is 1.26. The van der Waals surface area contributed by atoms with Gasteiger partial charge in [-0.15, -0.1) is 23.5 Å². The van der Waals surface area contributed by atoms with Crippen LogP contribution in [0.5, 0.6) is 5.75 Å². The first-order chi connectivity index (χ1) is 11.7. The van der Waals surface area contributed by atoms with E-state index in [2.05, 4.69) is 0 Å². The summed E-state index contributed by atoms with van der Waals surface area (Å²) in [6.07, 6.45) is 1.51. The average molecular weight is 398 g/mol. The Balaban J connectivity index is 2.94. The molecule has 142 valence electrons. The van der Waals surface area contributed by atoms with Crippen LogP contribution >= 0.6 is 23.5 Å². The smallest absolute Gasteiger partial charge is 0.338 e. The Kier molecular flexibility index (Phi) is 5.31. The van der Waals surface area contributed by atoms with Crippen molar-refractivity contribution in [2.75, 3.05) is 0 Å². The minimum absolute atomic E-state index is 0.0101. The molecule has 0 aliphatic heterocycles. The van der Waals surface area contributed by atoms with Gasteiger partial charge in [-0.25, -0.2) is 9.59 Å². The van der Waals surface area contributed by atoms with Crippen LogP contribution in [0.2, 0.25) is 0 Å². The summed E-state index contributed by atoms with van der Waals surface area (Å²) in [4.78, 5) is 23.8. The van der Waals surface area contributed by atoms with Gasteiger partial charge in [0.15, 0.2) is 5.75 Å². The Morgan fingerprint density at radius 2 is 1.50 bits per heavy atom. The first-order valence-electron chi connectivity index (χ1n) is 7.97. The van der Waals surface area contributed by atoms with Gasteiger partial charge in [0.25, 0.3) is 0 Å². The van der Waals surface area contributed by atoms with Gasteiger partial charge < -0.3 is 19.7 Å². The van der Waals surface area contributed by atoms with E-state index in [1.807, 2.05) is 41.5 Å². The second-order valence-corrected chi connectivity index (χ2v) is 11.5. The number of carboxylic acids is 2. The third-order valence-corrected chi connectivity index (χ3v) is 5.78. The minimum atomic E-state index is -1.39. The summed E-state index contributed by atoms with van der Waals surface area (Å²) in [5.74, 6) is -2.93. The molecule has 3 N–H and O–H groups in total. The van der Waals surface area contributed by atoms with Crippen LogP contribution < -0.4 is 0 Å². The van der Waals surface area contributed by atoms with Crippen LogP contribution in [-0.4, -0.2) is 41.2 Å². The van der Waals surface area contributed by atoms with E-state index in [1.54, 1.807) is 4.40 Å². The Morgan fingerprint density at radius 1 is 0.962 bits per heavy atom. The predicted molar refractivity (Wildman–Crippen MR) is 104 cm³/mol. The number of fused-ring (bicyclic) bond motifs is 1. The van der Waals surface area contributed by atoms with Crippen molar-refractivity contribution in [1.29, 1.82) is 0 Å². The van der Waals surface area contributed by atoms with E-state index < -0.39 is 17.5 Å². The van der Waals surface area contributed by atoms with Gasteiger partial charge in [-0.1, -0.05) is 41.5 Å². The molecule has 0 saturated heterocycles. The molecule has 0 aliphatic rings. The molecule has 8 heteroatoms. The summed E-state index contributed by atoms with van der Waals surface area (Å²) in [7, 11) is 0. The maximum Gasteiger partial charge on any atom is 0.338 e. The highest BCUT2D eigenvalue weighted by atomic mass is 32.2. The number of rotatable bonds is 4. The van der Waals surface area contributed by atoms with Crippen LogP contribution in [0.1, 0.15) is 62.3 Å². The second-order valence-electron chi connectivity index (χ2n) is 7.85. The van der Waals surface area contributed by atoms with E-state index in [0.29, 0.717) is 9.92 Å². The van der Waals surface area contributed by atoms with E-state index in [4.69, 9.17) is 0 Å². The lowest BCUT2D eigenvalue weighted by Crippen LogP contribution is -2.12. The van der Waals surface area contributed by atoms with Crippen molar-refractivity contribution in [1.82, 2.24) is 4.40 Å². The Morgan fingerprint density at radius 3 is 1.92 bits per heavy atom. The van der Waals surface area contributed by atoms with E-state index in [0.717, 1.165) is 0 Å². The van der Waals surface area contributed by atoms with Crippen molar-refractivity contribution in [2.45, 2.75) is 61.0 Å². The van der Waals surface area contributed by atoms with Crippen LogP contribution in [0.4, 0.5) is 0 Å². The molecule has 2 heterocycles. The topological polar surface area (TPSA) is 99.2 Å². The second kappa shape index (κ2) is 6.74. The molecule has 2 aromatic rings. The van der Waals surface area contributed by atoms with Crippen molar-refractivity contribution in [3.05, 3.63) is 23.4 Å². The van der Waals surface area contributed by atoms with E-state index in [1.165, 1.54) is 35.8 Å². The molecule has 0 radical (unpaired) electrons. The molecule has 0 aromatic carbocycles. The van der Waals surface area contributed by atoms with Crippen LogP contribution in [0.25, 0.3) is 5.52 Å². The Hall–Kier alpha value is -1.80. The van der Waals surface area contributed by atoms with E-state index >= 15 is 0 Å². The maximum absolute atomic E-state index is 11.8. The third kappa shape index (κ3) is 4.12.